The van der Waals surface area contributed by atoms with E-state index in [-0.39, 0.29) is 5.78 Å². The molecule has 3 heterocycles. The van der Waals surface area contributed by atoms with E-state index in [1.54, 1.807) is 24.1 Å². The second-order valence-electron chi connectivity index (χ2n) is 9.22. The summed E-state index contributed by atoms with van der Waals surface area (Å²) in [4.78, 5) is 17.3. The Hall–Kier alpha value is -3.78. The van der Waals surface area contributed by atoms with Crippen LogP contribution in [0.5, 0.6) is 5.75 Å². The number of thiazole rings is 1. The molecule has 0 aliphatic carbocycles. The zero-order valence-corrected chi connectivity index (χ0v) is 20.9. The fourth-order valence-corrected chi connectivity index (χ4v) is 5.40. The van der Waals surface area contributed by atoms with Crippen LogP contribution in [-0.2, 0) is 16.9 Å². The molecule has 0 bridgehead atoms. The second-order valence-corrected chi connectivity index (χ2v) is 10.1. The number of carbonyl (C=O) groups excluding carboxylic acids is 1. The van der Waals surface area contributed by atoms with E-state index in [4.69, 9.17) is 13.9 Å². The van der Waals surface area contributed by atoms with E-state index < -0.39 is 5.60 Å². The molecule has 0 amide bonds. The molecule has 37 heavy (non-hydrogen) atoms. The van der Waals surface area contributed by atoms with Gasteiger partial charge in [0.25, 0.3) is 0 Å². The van der Waals surface area contributed by atoms with Crippen LogP contribution in [0.2, 0.25) is 0 Å². The Morgan fingerprint density at radius 3 is 2.76 bits per heavy atom. The average Bonchev–Trinajstić information content (AvgIpc) is 3.67. The van der Waals surface area contributed by atoms with E-state index in [1.807, 2.05) is 60.7 Å². The highest BCUT2D eigenvalue weighted by Gasteiger charge is 2.31. The summed E-state index contributed by atoms with van der Waals surface area (Å²) in [6, 6.07) is 19.5. The minimum Gasteiger partial charge on any atom is -0.489 e. The maximum Gasteiger partial charge on any atom is 0.221 e. The SMILES string of the molecule is O=C(c1cc(-c2ccoc2)c2ccc(OCc3cccc(C4(O)CCOCC4)c3)cc2c1)c1nccs1. The number of hydrogen-bond acceptors (Lipinski definition) is 7. The van der Waals surface area contributed by atoms with Crippen LogP contribution in [0.15, 0.2) is 89.2 Å². The van der Waals surface area contributed by atoms with Crippen molar-refractivity contribution in [1.29, 1.82) is 0 Å². The molecule has 0 unspecified atom stereocenters. The van der Waals surface area contributed by atoms with Crippen molar-refractivity contribution in [3.8, 4) is 16.9 Å². The van der Waals surface area contributed by atoms with Gasteiger partial charge in [-0.2, -0.15) is 0 Å². The van der Waals surface area contributed by atoms with Crippen molar-refractivity contribution in [2.24, 2.45) is 0 Å². The van der Waals surface area contributed by atoms with Crippen molar-refractivity contribution in [2.75, 3.05) is 13.2 Å². The predicted molar refractivity (Wildman–Crippen MR) is 142 cm³/mol. The standard InChI is InChI=1S/C30H25NO5S/c32-28(29-31-9-13-37-29)23-15-22-16-25(4-5-26(22)27(17-23)21-6-10-35-19-21)36-18-20-2-1-3-24(14-20)30(33)7-11-34-12-8-30/h1-6,9-10,13-17,19,33H,7-8,11-12,18H2. The number of ether oxygens (including phenoxy) is 2. The number of nitrogens with zero attached hydrogens (tertiary/aromatic N) is 1. The molecule has 0 spiro atoms. The van der Waals surface area contributed by atoms with Gasteiger partial charge in [-0.15, -0.1) is 11.3 Å². The van der Waals surface area contributed by atoms with Crippen LogP contribution in [-0.4, -0.2) is 29.1 Å². The molecular weight excluding hydrogens is 486 g/mol. The molecule has 186 valence electrons. The summed E-state index contributed by atoms with van der Waals surface area (Å²) >= 11 is 1.33. The van der Waals surface area contributed by atoms with E-state index in [9.17, 15) is 9.90 Å². The number of fused-ring (bicyclic) bond motifs is 1. The maximum absolute atomic E-state index is 13.1. The van der Waals surface area contributed by atoms with Crippen LogP contribution >= 0.6 is 11.3 Å². The summed E-state index contributed by atoms with van der Waals surface area (Å²) in [5.41, 5.74) is 3.38. The van der Waals surface area contributed by atoms with E-state index in [0.29, 0.717) is 49.0 Å². The highest BCUT2D eigenvalue weighted by atomic mass is 32.1. The van der Waals surface area contributed by atoms with Gasteiger partial charge in [-0.1, -0.05) is 24.3 Å². The lowest BCUT2D eigenvalue weighted by atomic mass is 9.86. The first-order valence-electron chi connectivity index (χ1n) is 12.2. The third-order valence-corrected chi connectivity index (χ3v) is 7.61. The average molecular weight is 512 g/mol. The molecule has 1 aliphatic heterocycles. The summed E-state index contributed by atoms with van der Waals surface area (Å²) in [6.07, 6.45) is 6.11. The monoisotopic (exact) mass is 511 g/mol. The fourth-order valence-electron chi connectivity index (χ4n) is 4.80. The Labute approximate surface area is 218 Å². The number of aliphatic hydroxyl groups is 1. The number of benzene rings is 3. The van der Waals surface area contributed by atoms with Gasteiger partial charge in [0, 0.05) is 48.8 Å². The van der Waals surface area contributed by atoms with Crippen molar-refractivity contribution in [1.82, 2.24) is 4.98 Å². The van der Waals surface area contributed by atoms with Crippen LogP contribution < -0.4 is 4.74 Å². The minimum atomic E-state index is -0.860. The molecule has 0 saturated carbocycles. The van der Waals surface area contributed by atoms with Crippen molar-refractivity contribution in [3.63, 3.8) is 0 Å². The number of rotatable bonds is 7. The third kappa shape index (κ3) is 4.81. The van der Waals surface area contributed by atoms with Crippen molar-refractivity contribution >= 4 is 27.9 Å². The molecule has 1 N–H and O–H groups in total. The van der Waals surface area contributed by atoms with Gasteiger partial charge in [0.15, 0.2) is 5.01 Å². The zero-order chi connectivity index (χ0) is 25.2. The summed E-state index contributed by atoms with van der Waals surface area (Å²) in [7, 11) is 0. The van der Waals surface area contributed by atoms with E-state index in [1.165, 1.54) is 11.3 Å². The van der Waals surface area contributed by atoms with Crippen LogP contribution in [0.25, 0.3) is 21.9 Å². The molecule has 7 heteroatoms. The lowest BCUT2D eigenvalue weighted by Crippen LogP contribution is -2.33. The van der Waals surface area contributed by atoms with Gasteiger partial charge in [0.1, 0.15) is 12.4 Å². The number of ketones is 1. The van der Waals surface area contributed by atoms with Gasteiger partial charge in [-0.05, 0) is 63.9 Å². The fraction of sp³-hybridized carbons (Fsp3) is 0.200. The van der Waals surface area contributed by atoms with Crippen molar-refractivity contribution in [3.05, 3.63) is 106 Å². The van der Waals surface area contributed by atoms with Crippen molar-refractivity contribution < 1.29 is 23.8 Å². The lowest BCUT2D eigenvalue weighted by Gasteiger charge is -2.32. The molecule has 6 rings (SSSR count). The molecule has 2 aromatic heterocycles. The molecule has 1 saturated heterocycles. The molecule has 0 atom stereocenters. The smallest absolute Gasteiger partial charge is 0.221 e. The van der Waals surface area contributed by atoms with Gasteiger partial charge in [-0.25, -0.2) is 4.98 Å². The summed E-state index contributed by atoms with van der Waals surface area (Å²) in [5.74, 6) is 0.579. The van der Waals surface area contributed by atoms with Crippen LogP contribution in [0.3, 0.4) is 0 Å². The molecule has 5 aromatic rings. The van der Waals surface area contributed by atoms with Crippen LogP contribution in [0.1, 0.15) is 39.3 Å². The van der Waals surface area contributed by atoms with E-state index >= 15 is 0 Å². The van der Waals surface area contributed by atoms with Gasteiger partial charge < -0.3 is 19.0 Å². The molecular formula is C30H25NO5S. The van der Waals surface area contributed by atoms with Gasteiger partial charge in [0.2, 0.25) is 5.78 Å². The summed E-state index contributed by atoms with van der Waals surface area (Å²) in [6.45, 7) is 1.47. The number of furan rings is 1. The van der Waals surface area contributed by atoms with E-state index in [2.05, 4.69) is 4.98 Å². The summed E-state index contributed by atoms with van der Waals surface area (Å²) < 4.78 is 16.9. The first kappa shape index (κ1) is 23.6. The maximum atomic E-state index is 13.1. The molecule has 3 aromatic carbocycles. The Kier molecular flexibility index (Phi) is 6.34. The minimum absolute atomic E-state index is 0.115. The van der Waals surface area contributed by atoms with Crippen LogP contribution in [0, 0.1) is 0 Å². The number of hydrogen-bond donors (Lipinski definition) is 1. The number of carbonyl (C=O) groups is 1. The van der Waals surface area contributed by atoms with Gasteiger partial charge >= 0.3 is 0 Å². The van der Waals surface area contributed by atoms with E-state index in [0.717, 1.165) is 33.0 Å². The normalized spacial score (nSPS) is 15.1. The first-order chi connectivity index (χ1) is 18.1. The zero-order valence-electron chi connectivity index (χ0n) is 20.1. The predicted octanol–water partition coefficient (Wildman–Crippen LogP) is 6.36. The molecule has 1 aliphatic rings. The number of aromatic nitrogens is 1. The first-order valence-corrected chi connectivity index (χ1v) is 13.0. The molecule has 1 fully saturated rings. The van der Waals surface area contributed by atoms with Crippen molar-refractivity contribution in [2.45, 2.75) is 25.0 Å². The molecule has 6 nitrogen and oxygen atoms in total. The molecule has 0 radical (unpaired) electrons. The second kappa shape index (κ2) is 9.94. The highest BCUT2D eigenvalue weighted by molar-refractivity contribution is 7.11. The van der Waals surface area contributed by atoms with Crippen LogP contribution in [0.4, 0.5) is 0 Å². The highest BCUT2D eigenvalue weighted by Crippen LogP contribution is 2.35. The largest absolute Gasteiger partial charge is 0.489 e. The Morgan fingerprint density at radius 1 is 1.08 bits per heavy atom. The third-order valence-electron chi connectivity index (χ3n) is 6.83. The van der Waals surface area contributed by atoms with Gasteiger partial charge in [0.05, 0.1) is 18.1 Å². The Bertz CT molecular complexity index is 1540. The Morgan fingerprint density at radius 2 is 1.97 bits per heavy atom. The lowest BCUT2D eigenvalue weighted by molar-refractivity contribution is -0.0679. The quantitative estimate of drug-likeness (QED) is 0.256. The van der Waals surface area contributed by atoms with Gasteiger partial charge in [-0.3, -0.25) is 4.79 Å². The summed E-state index contributed by atoms with van der Waals surface area (Å²) in [5, 5.41) is 15.2. The topological polar surface area (TPSA) is 81.8 Å². The Balaban J connectivity index is 1.30.